The van der Waals surface area contributed by atoms with Crippen molar-refractivity contribution in [1.29, 1.82) is 0 Å². The van der Waals surface area contributed by atoms with Gasteiger partial charge in [-0.15, -0.1) is 0 Å². The second-order valence-electron chi connectivity index (χ2n) is 8.34. The minimum Gasteiger partial charge on any atom is -0.339 e. The lowest BCUT2D eigenvalue weighted by Gasteiger charge is -2.39. The molecule has 1 atom stereocenters. The van der Waals surface area contributed by atoms with Crippen LogP contribution >= 0.6 is 0 Å². The third kappa shape index (κ3) is 5.86. The van der Waals surface area contributed by atoms with Crippen LogP contribution in [0.1, 0.15) is 55.7 Å². The molecule has 2 heterocycles. The Labute approximate surface area is 180 Å². The van der Waals surface area contributed by atoms with Crippen LogP contribution in [0.5, 0.6) is 0 Å². The number of nitrogens with zero attached hydrogens (tertiary/aromatic N) is 4. The predicted octanol–water partition coefficient (Wildman–Crippen LogP) is 3.24. The van der Waals surface area contributed by atoms with Crippen LogP contribution in [0.25, 0.3) is 0 Å². The van der Waals surface area contributed by atoms with Gasteiger partial charge in [0.25, 0.3) is 5.91 Å². The van der Waals surface area contributed by atoms with Gasteiger partial charge in [0.15, 0.2) is 5.82 Å². The first-order valence-electron chi connectivity index (χ1n) is 10.6. The van der Waals surface area contributed by atoms with Crippen molar-refractivity contribution in [2.75, 3.05) is 19.6 Å². The smallest absolute Gasteiger partial charge is 0.256 e. The fraction of sp³-hybridized carbons (Fsp3) is 0.545. The van der Waals surface area contributed by atoms with Crippen molar-refractivity contribution in [1.82, 2.24) is 19.9 Å². The number of aromatic nitrogens is 2. The first-order valence-corrected chi connectivity index (χ1v) is 10.6. The van der Waals surface area contributed by atoms with E-state index >= 15 is 0 Å². The van der Waals surface area contributed by atoms with E-state index in [-0.39, 0.29) is 17.5 Å². The molecule has 1 fully saturated rings. The molecule has 0 bridgehead atoms. The van der Waals surface area contributed by atoms with Crippen molar-refractivity contribution < 1.29 is 22.9 Å². The molecule has 1 unspecified atom stereocenters. The van der Waals surface area contributed by atoms with Crippen LogP contribution in [0.15, 0.2) is 22.7 Å². The number of halogens is 2. The molecular weight excluding hydrogens is 406 g/mol. The number of rotatable bonds is 7. The zero-order chi connectivity index (χ0) is 22.5. The number of amides is 2. The normalized spacial score (nSPS) is 16.6. The molecule has 3 rings (SSSR count). The van der Waals surface area contributed by atoms with Crippen LogP contribution in [-0.4, -0.2) is 57.4 Å². The topological polar surface area (TPSA) is 79.5 Å². The number of benzene rings is 1. The summed E-state index contributed by atoms with van der Waals surface area (Å²) in [5.41, 5.74) is -0.166. The molecule has 168 valence electrons. The van der Waals surface area contributed by atoms with Gasteiger partial charge >= 0.3 is 0 Å². The van der Waals surface area contributed by atoms with Crippen LogP contribution in [0, 0.1) is 17.6 Å². The zero-order valence-electron chi connectivity index (χ0n) is 18.1. The Balaban J connectivity index is 1.65. The highest BCUT2D eigenvalue weighted by Gasteiger charge is 2.31. The highest BCUT2D eigenvalue weighted by molar-refractivity contribution is 5.94. The zero-order valence-corrected chi connectivity index (χ0v) is 18.1. The molecule has 0 radical (unpaired) electrons. The summed E-state index contributed by atoms with van der Waals surface area (Å²) in [4.78, 5) is 32.7. The van der Waals surface area contributed by atoms with Gasteiger partial charge in [-0.2, -0.15) is 4.98 Å². The molecule has 1 aliphatic rings. The third-order valence-corrected chi connectivity index (χ3v) is 5.36. The van der Waals surface area contributed by atoms with Gasteiger partial charge in [0, 0.05) is 51.5 Å². The summed E-state index contributed by atoms with van der Waals surface area (Å²) in [6, 6.07) is 2.73. The maximum Gasteiger partial charge on any atom is 0.256 e. The lowest BCUT2D eigenvalue weighted by atomic mass is 10.0. The van der Waals surface area contributed by atoms with E-state index < -0.39 is 17.5 Å². The highest BCUT2D eigenvalue weighted by Crippen LogP contribution is 2.20. The molecule has 1 aliphatic heterocycles. The Kier molecular flexibility index (Phi) is 7.35. The summed E-state index contributed by atoms with van der Waals surface area (Å²) in [6.07, 6.45) is 2.56. The van der Waals surface area contributed by atoms with Gasteiger partial charge in [0.2, 0.25) is 11.8 Å². The van der Waals surface area contributed by atoms with E-state index in [0.29, 0.717) is 62.6 Å². The van der Waals surface area contributed by atoms with Crippen molar-refractivity contribution in [2.24, 2.45) is 5.92 Å². The van der Waals surface area contributed by atoms with Crippen LogP contribution in [0.2, 0.25) is 0 Å². The first kappa shape index (κ1) is 22.8. The largest absolute Gasteiger partial charge is 0.339 e. The molecule has 1 saturated heterocycles. The molecule has 2 aromatic rings. The second-order valence-corrected chi connectivity index (χ2v) is 8.34. The van der Waals surface area contributed by atoms with Gasteiger partial charge < -0.3 is 14.3 Å². The van der Waals surface area contributed by atoms with E-state index in [1.54, 1.807) is 4.90 Å². The Bertz CT molecular complexity index is 931. The summed E-state index contributed by atoms with van der Waals surface area (Å²) in [7, 11) is 0. The third-order valence-electron chi connectivity index (χ3n) is 5.36. The maximum atomic E-state index is 14.1. The molecule has 0 aliphatic carbocycles. The SMILES string of the molecule is CC(=O)N(CCc1noc(CC(C)C)n1)C1CCCN(C(=O)c2ccc(F)cc2F)C1. The molecule has 0 saturated carbocycles. The molecule has 31 heavy (non-hydrogen) atoms. The molecule has 2 amide bonds. The lowest BCUT2D eigenvalue weighted by molar-refractivity contribution is -0.132. The molecule has 1 aromatic carbocycles. The average molecular weight is 434 g/mol. The number of hydrogen-bond donors (Lipinski definition) is 0. The highest BCUT2D eigenvalue weighted by atomic mass is 19.1. The number of piperidine rings is 1. The van der Waals surface area contributed by atoms with Gasteiger partial charge in [-0.1, -0.05) is 19.0 Å². The van der Waals surface area contributed by atoms with E-state index in [4.69, 9.17) is 4.52 Å². The van der Waals surface area contributed by atoms with E-state index in [1.165, 1.54) is 11.8 Å². The fourth-order valence-electron chi connectivity index (χ4n) is 3.87. The van der Waals surface area contributed by atoms with Crippen LogP contribution in [0.4, 0.5) is 8.78 Å². The minimum atomic E-state index is -0.884. The minimum absolute atomic E-state index is 0.113. The van der Waals surface area contributed by atoms with Gasteiger partial charge in [0.1, 0.15) is 11.6 Å². The van der Waals surface area contributed by atoms with E-state index in [2.05, 4.69) is 24.0 Å². The first-order chi connectivity index (χ1) is 14.7. The van der Waals surface area contributed by atoms with Gasteiger partial charge in [0.05, 0.1) is 5.56 Å². The molecule has 7 nitrogen and oxygen atoms in total. The van der Waals surface area contributed by atoms with Crippen LogP contribution < -0.4 is 0 Å². The quantitative estimate of drug-likeness (QED) is 0.668. The van der Waals surface area contributed by atoms with Gasteiger partial charge in [-0.25, -0.2) is 8.78 Å². The van der Waals surface area contributed by atoms with E-state index in [9.17, 15) is 18.4 Å². The Hall–Kier alpha value is -2.84. The molecule has 1 aromatic heterocycles. The standard InChI is InChI=1S/C22H28F2N4O3/c1-14(2)11-21-25-20(26-31-21)8-10-28(15(3)29)17-5-4-9-27(13-17)22(30)18-7-6-16(23)12-19(18)24/h6-7,12,14,17H,4-5,8-11,13H2,1-3H3. The summed E-state index contributed by atoms with van der Waals surface area (Å²) in [6.45, 7) is 6.76. The van der Waals surface area contributed by atoms with Crippen molar-refractivity contribution in [3.8, 4) is 0 Å². The number of likely N-dealkylation sites (tertiary alicyclic amines) is 1. The van der Waals surface area contributed by atoms with E-state index in [1.807, 2.05) is 0 Å². The molecular formula is C22H28F2N4O3. The average Bonchev–Trinajstić information content (AvgIpc) is 3.14. The fourth-order valence-corrected chi connectivity index (χ4v) is 3.87. The van der Waals surface area contributed by atoms with Crippen molar-refractivity contribution in [2.45, 2.75) is 52.5 Å². The van der Waals surface area contributed by atoms with Crippen LogP contribution in [0.3, 0.4) is 0 Å². The van der Waals surface area contributed by atoms with Crippen LogP contribution in [-0.2, 0) is 17.6 Å². The van der Waals surface area contributed by atoms with Crippen molar-refractivity contribution in [3.05, 3.63) is 47.1 Å². The number of carbonyl (C=O) groups excluding carboxylic acids is 2. The maximum absolute atomic E-state index is 14.1. The van der Waals surface area contributed by atoms with E-state index in [0.717, 1.165) is 18.6 Å². The summed E-state index contributed by atoms with van der Waals surface area (Å²) >= 11 is 0. The molecule has 9 heteroatoms. The summed E-state index contributed by atoms with van der Waals surface area (Å²) < 4.78 is 32.5. The second kappa shape index (κ2) is 9.98. The summed E-state index contributed by atoms with van der Waals surface area (Å²) in [5, 5.41) is 3.98. The number of hydrogen-bond acceptors (Lipinski definition) is 5. The lowest BCUT2D eigenvalue weighted by Crippen LogP contribution is -2.51. The predicted molar refractivity (Wildman–Crippen MR) is 109 cm³/mol. The van der Waals surface area contributed by atoms with Crippen molar-refractivity contribution >= 4 is 11.8 Å². The Morgan fingerprint density at radius 1 is 1.32 bits per heavy atom. The Morgan fingerprint density at radius 2 is 2.10 bits per heavy atom. The van der Waals surface area contributed by atoms with Gasteiger partial charge in [-0.3, -0.25) is 9.59 Å². The van der Waals surface area contributed by atoms with Gasteiger partial charge in [-0.05, 0) is 30.9 Å². The monoisotopic (exact) mass is 434 g/mol. The molecule has 0 spiro atoms. The number of carbonyl (C=O) groups is 2. The van der Waals surface area contributed by atoms with Crippen molar-refractivity contribution in [3.63, 3.8) is 0 Å². The molecule has 0 N–H and O–H groups in total. The summed E-state index contributed by atoms with van der Waals surface area (Å²) in [5.74, 6) is -0.704. The Morgan fingerprint density at radius 3 is 2.77 bits per heavy atom.